The standard InChI is InChI=1S/C21H25NO5/c1-22(2)20(23)18(26-14-16-10-6-4-7-11-16)19(21(24)25-3)27-15-17-12-8-5-9-13-17/h4-13,18-19H,14-15H2,1-3H3/t18-,19-/m1/s1. The zero-order chi connectivity index (χ0) is 19.6. The molecule has 0 aromatic heterocycles. The zero-order valence-electron chi connectivity index (χ0n) is 15.8. The summed E-state index contributed by atoms with van der Waals surface area (Å²) in [6, 6.07) is 18.8. The highest BCUT2D eigenvalue weighted by Gasteiger charge is 2.37. The quantitative estimate of drug-likeness (QED) is 0.634. The Hall–Kier alpha value is -2.70. The van der Waals surface area contributed by atoms with Crippen LogP contribution in [0.4, 0.5) is 0 Å². The topological polar surface area (TPSA) is 65.1 Å². The summed E-state index contributed by atoms with van der Waals surface area (Å²) in [4.78, 5) is 26.3. The van der Waals surface area contributed by atoms with Gasteiger partial charge in [0.25, 0.3) is 5.91 Å². The molecule has 0 N–H and O–H groups in total. The Labute approximate surface area is 159 Å². The van der Waals surface area contributed by atoms with Crippen LogP contribution in [-0.4, -0.2) is 50.2 Å². The maximum atomic E-state index is 12.7. The Morgan fingerprint density at radius 1 is 0.815 bits per heavy atom. The van der Waals surface area contributed by atoms with Crippen molar-refractivity contribution in [2.75, 3.05) is 21.2 Å². The number of likely N-dealkylation sites (N-methyl/N-ethyl adjacent to an activating group) is 1. The van der Waals surface area contributed by atoms with E-state index >= 15 is 0 Å². The van der Waals surface area contributed by atoms with E-state index in [1.807, 2.05) is 60.7 Å². The van der Waals surface area contributed by atoms with Crippen LogP contribution in [0.25, 0.3) is 0 Å². The number of carbonyl (C=O) groups excluding carboxylic acids is 2. The summed E-state index contributed by atoms with van der Waals surface area (Å²) in [7, 11) is 4.47. The van der Waals surface area contributed by atoms with Crippen LogP contribution < -0.4 is 0 Å². The van der Waals surface area contributed by atoms with Gasteiger partial charge in [-0.3, -0.25) is 4.79 Å². The second-order valence-electron chi connectivity index (χ2n) is 6.19. The number of hydrogen-bond acceptors (Lipinski definition) is 5. The third kappa shape index (κ3) is 6.20. The first-order chi connectivity index (χ1) is 13.0. The lowest BCUT2D eigenvalue weighted by Gasteiger charge is -2.27. The summed E-state index contributed by atoms with van der Waals surface area (Å²) in [5, 5.41) is 0. The molecule has 2 aromatic rings. The molecule has 2 rings (SSSR count). The van der Waals surface area contributed by atoms with Gasteiger partial charge in [0.15, 0.2) is 12.2 Å². The molecule has 2 aromatic carbocycles. The molecule has 0 spiro atoms. The molecule has 0 aliphatic rings. The van der Waals surface area contributed by atoms with Crippen LogP contribution in [0.2, 0.25) is 0 Å². The Morgan fingerprint density at radius 2 is 1.26 bits per heavy atom. The van der Waals surface area contributed by atoms with Crippen molar-refractivity contribution in [1.29, 1.82) is 0 Å². The van der Waals surface area contributed by atoms with E-state index in [0.29, 0.717) is 0 Å². The molecule has 0 aliphatic carbocycles. The number of carbonyl (C=O) groups is 2. The van der Waals surface area contributed by atoms with Gasteiger partial charge in [0.05, 0.1) is 20.3 Å². The summed E-state index contributed by atoms with van der Waals surface area (Å²) in [5.74, 6) is -1.02. The van der Waals surface area contributed by atoms with Gasteiger partial charge in [-0.1, -0.05) is 60.7 Å². The van der Waals surface area contributed by atoms with Crippen molar-refractivity contribution in [3.8, 4) is 0 Å². The highest BCUT2D eigenvalue weighted by Crippen LogP contribution is 2.15. The number of nitrogens with zero attached hydrogens (tertiary/aromatic N) is 1. The number of methoxy groups -OCH3 is 1. The summed E-state index contributed by atoms with van der Waals surface area (Å²) >= 11 is 0. The zero-order valence-corrected chi connectivity index (χ0v) is 15.8. The lowest BCUT2D eigenvalue weighted by molar-refractivity contribution is -0.176. The lowest BCUT2D eigenvalue weighted by Crippen LogP contribution is -2.48. The molecule has 27 heavy (non-hydrogen) atoms. The minimum absolute atomic E-state index is 0.159. The normalized spacial score (nSPS) is 12.9. The lowest BCUT2D eigenvalue weighted by atomic mass is 10.1. The van der Waals surface area contributed by atoms with Crippen molar-refractivity contribution in [2.24, 2.45) is 0 Å². The van der Waals surface area contributed by atoms with Crippen LogP contribution in [0.1, 0.15) is 11.1 Å². The number of benzene rings is 2. The highest BCUT2D eigenvalue weighted by molar-refractivity contribution is 5.88. The Kier molecular flexibility index (Phi) is 7.98. The number of hydrogen-bond donors (Lipinski definition) is 0. The maximum absolute atomic E-state index is 12.7. The number of esters is 1. The van der Waals surface area contributed by atoms with E-state index < -0.39 is 18.2 Å². The summed E-state index contributed by atoms with van der Waals surface area (Å²) in [6.07, 6.45) is -2.29. The second kappa shape index (κ2) is 10.4. The van der Waals surface area contributed by atoms with E-state index in [2.05, 4.69) is 0 Å². The summed E-state index contributed by atoms with van der Waals surface area (Å²) in [5.41, 5.74) is 1.77. The molecule has 0 saturated carbocycles. The molecule has 0 heterocycles. The molecule has 144 valence electrons. The molecule has 0 fully saturated rings. The maximum Gasteiger partial charge on any atom is 0.338 e. The number of rotatable bonds is 9. The van der Waals surface area contributed by atoms with E-state index in [1.165, 1.54) is 12.0 Å². The molecule has 0 bridgehead atoms. The molecular formula is C21H25NO5. The molecule has 0 saturated heterocycles. The van der Waals surface area contributed by atoms with Crippen LogP contribution >= 0.6 is 0 Å². The predicted molar refractivity (Wildman–Crippen MR) is 101 cm³/mol. The van der Waals surface area contributed by atoms with E-state index in [-0.39, 0.29) is 19.1 Å². The fraction of sp³-hybridized carbons (Fsp3) is 0.333. The molecular weight excluding hydrogens is 346 g/mol. The molecule has 6 heteroatoms. The van der Waals surface area contributed by atoms with Crippen LogP contribution in [0.3, 0.4) is 0 Å². The SMILES string of the molecule is COC(=O)[C@H](OCc1ccccc1)[C@@H](OCc1ccccc1)C(=O)N(C)C. The first-order valence-corrected chi connectivity index (χ1v) is 8.63. The molecule has 2 atom stereocenters. The molecule has 0 radical (unpaired) electrons. The van der Waals surface area contributed by atoms with Gasteiger partial charge in [0.1, 0.15) is 0 Å². The van der Waals surface area contributed by atoms with Gasteiger partial charge in [-0.2, -0.15) is 0 Å². The highest BCUT2D eigenvalue weighted by atomic mass is 16.6. The van der Waals surface area contributed by atoms with E-state index in [4.69, 9.17) is 14.2 Å². The van der Waals surface area contributed by atoms with Gasteiger partial charge in [0.2, 0.25) is 0 Å². The smallest absolute Gasteiger partial charge is 0.338 e. The first kappa shape index (κ1) is 20.6. The van der Waals surface area contributed by atoms with Crippen molar-refractivity contribution in [3.63, 3.8) is 0 Å². The predicted octanol–water partition coefficient (Wildman–Crippen LogP) is 2.42. The monoisotopic (exact) mass is 371 g/mol. The van der Waals surface area contributed by atoms with Crippen molar-refractivity contribution < 1.29 is 23.8 Å². The fourth-order valence-corrected chi connectivity index (χ4v) is 2.46. The fourth-order valence-electron chi connectivity index (χ4n) is 2.46. The van der Waals surface area contributed by atoms with Crippen LogP contribution in [0, 0.1) is 0 Å². The second-order valence-corrected chi connectivity index (χ2v) is 6.19. The average molecular weight is 371 g/mol. The third-order valence-electron chi connectivity index (χ3n) is 3.94. The van der Waals surface area contributed by atoms with E-state index in [0.717, 1.165) is 11.1 Å². The largest absolute Gasteiger partial charge is 0.467 e. The third-order valence-corrected chi connectivity index (χ3v) is 3.94. The van der Waals surface area contributed by atoms with Crippen LogP contribution in [-0.2, 0) is 37.0 Å². The minimum atomic E-state index is -1.17. The van der Waals surface area contributed by atoms with E-state index in [1.54, 1.807) is 14.1 Å². The number of ether oxygens (including phenoxy) is 3. The molecule has 0 aliphatic heterocycles. The number of amides is 1. The summed E-state index contributed by atoms with van der Waals surface area (Å²) < 4.78 is 16.4. The Morgan fingerprint density at radius 3 is 1.67 bits per heavy atom. The van der Waals surface area contributed by atoms with Gasteiger partial charge < -0.3 is 19.1 Å². The Bertz CT molecular complexity index is 718. The molecule has 0 unspecified atom stereocenters. The van der Waals surface area contributed by atoms with Crippen molar-refractivity contribution >= 4 is 11.9 Å². The Balaban J connectivity index is 2.17. The van der Waals surface area contributed by atoms with Gasteiger partial charge in [-0.25, -0.2) is 4.79 Å². The van der Waals surface area contributed by atoms with Gasteiger partial charge in [0, 0.05) is 14.1 Å². The minimum Gasteiger partial charge on any atom is -0.467 e. The first-order valence-electron chi connectivity index (χ1n) is 8.63. The average Bonchev–Trinajstić information content (AvgIpc) is 2.70. The molecule has 1 amide bonds. The van der Waals surface area contributed by atoms with Crippen LogP contribution in [0.5, 0.6) is 0 Å². The van der Waals surface area contributed by atoms with Gasteiger partial charge in [-0.15, -0.1) is 0 Å². The van der Waals surface area contributed by atoms with Crippen molar-refractivity contribution in [1.82, 2.24) is 4.90 Å². The van der Waals surface area contributed by atoms with Crippen molar-refractivity contribution in [3.05, 3.63) is 71.8 Å². The molecule has 6 nitrogen and oxygen atoms in total. The van der Waals surface area contributed by atoms with Crippen molar-refractivity contribution in [2.45, 2.75) is 25.4 Å². The van der Waals surface area contributed by atoms with Gasteiger partial charge in [-0.05, 0) is 11.1 Å². The summed E-state index contributed by atoms with van der Waals surface area (Å²) in [6.45, 7) is 0.333. The van der Waals surface area contributed by atoms with E-state index in [9.17, 15) is 9.59 Å². The van der Waals surface area contributed by atoms with Crippen LogP contribution in [0.15, 0.2) is 60.7 Å². The van der Waals surface area contributed by atoms with Gasteiger partial charge >= 0.3 is 5.97 Å².